The summed E-state index contributed by atoms with van der Waals surface area (Å²) in [6.45, 7) is 15.6. The second kappa shape index (κ2) is 8.80. The van der Waals surface area contributed by atoms with E-state index in [9.17, 15) is 0 Å². The average molecular weight is 529 g/mol. The van der Waals surface area contributed by atoms with Gasteiger partial charge < -0.3 is 3.07 Å². The molecule has 4 aliphatic carbocycles. The van der Waals surface area contributed by atoms with Crippen LogP contribution in [0.25, 0.3) is 0 Å². The molecule has 0 saturated heterocycles. The first-order valence-electron chi connectivity index (χ1n) is 13.4. The molecule has 0 aliphatic heterocycles. The molecule has 0 aromatic heterocycles. The third kappa shape index (κ3) is 3.84. The molecule has 30 heavy (non-hydrogen) atoms. The van der Waals surface area contributed by atoms with Gasteiger partial charge in [0.05, 0.1) is 6.10 Å². The Balaban J connectivity index is 1.51. The molecule has 0 bridgehead atoms. The van der Waals surface area contributed by atoms with E-state index in [2.05, 4.69) is 64.5 Å². The largest absolute Gasteiger partial charge is 0.312 e. The monoisotopic (exact) mass is 528 g/mol. The Hall–Kier alpha value is 0.690. The Morgan fingerprint density at radius 1 is 0.800 bits per heavy atom. The second-order valence-electron chi connectivity index (χ2n) is 13.4. The van der Waals surface area contributed by atoms with Crippen molar-refractivity contribution < 1.29 is 3.07 Å². The minimum absolute atomic E-state index is 0.518. The number of rotatable bonds is 6. The van der Waals surface area contributed by atoms with Crippen LogP contribution in [-0.4, -0.2) is 6.10 Å². The summed E-state index contributed by atoms with van der Waals surface area (Å²) in [6.07, 6.45) is 17.8. The normalized spacial score (nSPS) is 49.4. The summed E-state index contributed by atoms with van der Waals surface area (Å²) < 4.78 is 5.79. The van der Waals surface area contributed by atoms with Crippen LogP contribution in [-0.2, 0) is 3.07 Å². The first-order valence-corrected chi connectivity index (χ1v) is 14.3. The van der Waals surface area contributed by atoms with E-state index in [1.807, 2.05) is 0 Å². The van der Waals surface area contributed by atoms with Gasteiger partial charge >= 0.3 is 0 Å². The Morgan fingerprint density at radius 3 is 2.17 bits per heavy atom. The maximum atomic E-state index is 5.79. The lowest BCUT2D eigenvalue weighted by Gasteiger charge is -2.66. The maximum absolute atomic E-state index is 5.79. The van der Waals surface area contributed by atoms with Gasteiger partial charge in [0.25, 0.3) is 0 Å². The standard InChI is InChI=1S/C28H49IO/c1-19(2)8-7-9-20(3)23-10-11-24-27(23,5)17-14-25-26(4)16-13-22(30-29)18-21(26)12-15-28(24,25)6/h19-25H,7-18H2,1-6H3/t20-,21+,22+,23-,24-,25-,26+,27-,28+/m1/s1. The van der Waals surface area contributed by atoms with Crippen LogP contribution in [0.1, 0.15) is 119 Å². The van der Waals surface area contributed by atoms with Gasteiger partial charge in [-0.25, -0.2) is 0 Å². The zero-order valence-electron chi connectivity index (χ0n) is 20.8. The van der Waals surface area contributed by atoms with E-state index in [0.29, 0.717) is 22.3 Å². The first kappa shape index (κ1) is 23.8. The molecule has 0 aromatic rings. The van der Waals surface area contributed by atoms with Crippen LogP contribution < -0.4 is 0 Å². The molecular weight excluding hydrogens is 479 g/mol. The molecule has 4 rings (SSSR count). The van der Waals surface area contributed by atoms with Gasteiger partial charge in [0.1, 0.15) is 23.0 Å². The van der Waals surface area contributed by atoms with Gasteiger partial charge in [0.2, 0.25) is 0 Å². The molecular formula is C28H49IO. The van der Waals surface area contributed by atoms with Crippen LogP contribution in [0.3, 0.4) is 0 Å². The van der Waals surface area contributed by atoms with Gasteiger partial charge in [-0.3, -0.25) is 0 Å². The molecule has 0 unspecified atom stereocenters. The second-order valence-corrected chi connectivity index (χ2v) is 13.9. The summed E-state index contributed by atoms with van der Waals surface area (Å²) in [4.78, 5) is 0. The number of halogens is 1. The van der Waals surface area contributed by atoms with Crippen LogP contribution in [0.15, 0.2) is 0 Å². The van der Waals surface area contributed by atoms with Gasteiger partial charge in [-0.2, -0.15) is 0 Å². The van der Waals surface area contributed by atoms with E-state index >= 15 is 0 Å². The van der Waals surface area contributed by atoms with E-state index in [1.165, 1.54) is 77.0 Å². The lowest BCUT2D eigenvalue weighted by Crippen LogP contribution is -2.59. The molecule has 4 fully saturated rings. The van der Waals surface area contributed by atoms with E-state index in [0.717, 1.165) is 35.5 Å². The molecule has 4 aliphatic rings. The Labute approximate surface area is 201 Å². The quantitative estimate of drug-likeness (QED) is 0.312. The van der Waals surface area contributed by atoms with E-state index in [1.54, 1.807) is 0 Å². The van der Waals surface area contributed by atoms with Crippen molar-refractivity contribution in [2.45, 2.75) is 125 Å². The zero-order valence-corrected chi connectivity index (χ0v) is 23.0. The van der Waals surface area contributed by atoms with Crippen molar-refractivity contribution in [3.63, 3.8) is 0 Å². The highest BCUT2D eigenvalue weighted by atomic mass is 127. The molecule has 0 spiro atoms. The van der Waals surface area contributed by atoms with Crippen molar-refractivity contribution in [2.75, 3.05) is 0 Å². The van der Waals surface area contributed by atoms with Gasteiger partial charge in [0.15, 0.2) is 0 Å². The highest BCUT2D eigenvalue weighted by Crippen LogP contribution is 2.73. The van der Waals surface area contributed by atoms with Crippen LogP contribution in [0.5, 0.6) is 0 Å². The predicted molar refractivity (Wildman–Crippen MR) is 137 cm³/mol. The fourth-order valence-corrected chi connectivity index (χ4v) is 10.5. The average Bonchev–Trinajstić information content (AvgIpc) is 3.05. The molecule has 4 saturated carbocycles. The third-order valence-corrected chi connectivity index (χ3v) is 12.3. The lowest BCUT2D eigenvalue weighted by atomic mass is 9.39. The molecule has 0 amide bonds. The fraction of sp³-hybridized carbons (Fsp3) is 1.00. The fourth-order valence-electron chi connectivity index (χ4n) is 10.0. The van der Waals surface area contributed by atoms with Crippen molar-refractivity contribution >= 4 is 23.0 Å². The topological polar surface area (TPSA) is 9.23 Å². The van der Waals surface area contributed by atoms with Crippen LogP contribution in [0, 0.1) is 51.8 Å². The van der Waals surface area contributed by atoms with Gasteiger partial charge in [0, 0.05) is 0 Å². The highest BCUT2D eigenvalue weighted by molar-refractivity contribution is 14.1. The maximum Gasteiger partial charge on any atom is 0.110 e. The van der Waals surface area contributed by atoms with E-state index in [4.69, 9.17) is 3.07 Å². The molecule has 2 heteroatoms. The molecule has 174 valence electrons. The van der Waals surface area contributed by atoms with Crippen molar-refractivity contribution in [3.05, 3.63) is 0 Å². The van der Waals surface area contributed by atoms with Crippen molar-refractivity contribution in [2.24, 2.45) is 51.8 Å². The summed E-state index contributed by atoms with van der Waals surface area (Å²) in [5.74, 6) is 5.58. The molecule has 0 aromatic carbocycles. The minimum Gasteiger partial charge on any atom is -0.312 e. The zero-order chi connectivity index (χ0) is 21.7. The Kier molecular flexibility index (Phi) is 6.99. The minimum atomic E-state index is 0.518. The van der Waals surface area contributed by atoms with Gasteiger partial charge in [-0.05, 0) is 110 Å². The third-order valence-electron chi connectivity index (χ3n) is 11.5. The first-order chi connectivity index (χ1) is 14.1. The number of fused-ring (bicyclic) bond motifs is 5. The smallest absolute Gasteiger partial charge is 0.110 e. The lowest BCUT2D eigenvalue weighted by molar-refractivity contribution is -0.173. The van der Waals surface area contributed by atoms with E-state index in [-0.39, 0.29) is 0 Å². The SMILES string of the molecule is CC(C)CCC[C@@H](C)[C@H]1CC[C@H]2[C@]3(C)CC[C@H]4C[C@@H](OI)CC[C@]4(C)[C@H]3CC[C@@]21C. The summed E-state index contributed by atoms with van der Waals surface area (Å²) in [6, 6.07) is 0. The number of hydrogen-bond donors (Lipinski definition) is 0. The summed E-state index contributed by atoms with van der Waals surface area (Å²) in [5, 5.41) is 0. The Bertz CT molecular complexity index is 603. The van der Waals surface area contributed by atoms with Crippen LogP contribution in [0.2, 0.25) is 0 Å². The summed E-state index contributed by atoms with van der Waals surface area (Å²) in [5.41, 5.74) is 1.76. The van der Waals surface area contributed by atoms with Gasteiger partial charge in [-0.15, -0.1) is 0 Å². The van der Waals surface area contributed by atoms with Crippen LogP contribution >= 0.6 is 23.0 Å². The van der Waals surface area contributed by atoms with E-state index < -0.39 is 0 Å². The summed E-state index contributed by atoms with van der Waals surface area (Å²) >= 11 is 2.16. The van der Waals surface area contributed by atoms with Crippen molar-refractivity contribution in [3.8, 4) is 0 Å². The summed E-state index contributed by atoms with van der Waals surface area (Å²) in [7, 11) is 0. The molecule has 9 atom stereocenters. The Morgan fingerprint density at radius 2 is 1.47 bits per heavy atom. The van der Waals surface area contributed by atoms with Crippen molar-refractivity contribution in [1.29, 1.82) is 0 Å². The molecule has 0 N–H and O–H groups in total. The molecule has 1 nitrogen and oxygen atoms in total. The molecule has 0 heterocycles. The van der Waals surface area contributed by atoms with Gasteiger partial charge in [-0.1, -0.05) is 60.8 Å². The molecule has 0 radical (unpaired) electrons. The van der Waals surface area contributed by atoms with Crippen molar-refractivity contribution in [1.82, 2.24) is 0 Å². The number of hydrogen-bond acceptors (Lipinski definition) is 1. The van der Waals surface area contributed by atoms with Crippen LogP contribution in [0.4, 0.5) is 0 Å². The predicted octanol–water partition coefficient (Wildman–Crippen LogP) is 9.23. The highest BCUT2D eigenvalue weighted by Gasteiger charge is 2.65.